The summed E-state index contributed by atoms with van der Waals surface area (Å²) < 4.78 is 5.03. The fourth-order valence-corrected chi connectivity index (χ4v) is 2.84. The Labute approximate surface area is 129 Å². The molecule has 21 heavy (non-hydrogen) atoms. The summed E-state index contributed by atoms with van der Waals surface area (Å²) in [4.78, 5) is 14.7. The van der Waals surface area contributed by atoms with Crippen LogP contribution in [0.25, 0.3) is 0 Å². The van der Waals surface area contributed by atoms with E-state index in [-0.39, 0.29) is 5.97 Å². The summed E-state index contributed by atoms with van der Waals surface area (Å²) >= 11 is 0. The van der Waals surface area contributed by atoms with E-state index in [1.165, 1.54) is 39.2 Å². The van der Waals surface area contributed by atoms with Crippen LogP contribution < -0.4 is 5.32 Å². The topological polar surface area (TPSA) is 41.6 Å². The molecule has 2 rings (SSSR count). The van der Waals surface area contributed by atoms with Gasteiger partial charge in [0.1, 0.15) is 5.54 Å². The van der Waals surface area contributed by atoms with Crippen molar-refractivity contribution in [2.45, 2.75) is 76.9 Å². The molecule has 0 saturated heterocycles. The van der Waals surface area contributed by atoms with Crippen LogP contribution in [0.4, 0.5) is 0 Å². The van der Waals surface area contributed by atoms with Crippen LogP contribution in [0, 0.1) is 5.92 Å². The van der Waals surface area contributed by atoms with Gasteiger partial charge in [0.2, 0.25) is 0 Å². The Morgan fingerprint density at radius 3 is 2.43 bits per heavy atom. The van der Waals surface area contributed by atoms with Crippen molar-refractivity contribution < 1.29 is 9.53 Å². The third-order valence-electron chi connectivity index (χ3n) is 4.69. The quantitative estimate of drug-likeness (QED) is 0.629. The number of hydrogen-bond donors (Lipinski definition) is 1. The van der Waals surface area contributed by atoms with E-state index in [4.69, 9.17) is 4.74 Å². The molecule has 0 aromatic rings. The summed E-state index contributed by atoms with van der Waals surface area (Å²) in [5.74, 6) is 0.622. The first kappa shape index (κ1) is 16.8. The highest BCUT2D eigenvalue weighted by Crippen LogP contribution is 2.30. The molecule has 4 nitrogen and oxygen atoms in total. The molecule has 1 N–H and O–H groups in total. The summed E-state index contributed by atoms with van der Waals surface area (Å²) in [5, 5.41) is 3.50. The Balaban J connectivity index is 1.87. The predicted molar refractivity (Wildman–Crippen MR) is 85.2 cm³/mol. The largest absolute Gasteiger partial charge is 0.468 e. The molecule has 0 radical (unpaired) electrons. The third-order valence-corrected chi connectivity index (χ3v) is 4.69. The maximum absolute atomic E-state index is 12.2. The minimum atomic E-state index is -0.527. The minimum absolute atomic E-state index is 0.117. The second kappa shape index (κ2) is 7.10. The normalized spacial score (nSPS) is 21.6. The zero-order valence-electron chi connectivity index (χ0n) is 14.2. The Morgan fingerprint density at radius 2 is 1.95 bits per heavy atom. The number of carbonyl (C=O) groups is 1. The molecule has 0 spiro atoms. The highest BCUT2D eigenvalue weighted by atomic mass is 16.5. The van der Waals surface area contributed by atoms with Crippen molar-refractivity contribution in [3.05, 3.63) is 0 Å². The van der Waals surface area contributed by atoms with E-state index < -0.39 is 5.54 Å². The molecule has 1 atom stereocenters. The van der Waals surface area contributed by atoms with Crippen LogP contribution in [-0.2, 0) is 9.53 Å². The second-order valence-electron chi connectivity index (χ2n) is 7.44. The predicted octanol–water partition coefficient (Wildman–Crippen LogP) is 2.57. The van der Waals surface area contributed by atoms with Crippen molar-refractivity contribution in [2.75, 3.05) is 20.2 Å². The lowest BCUT2D eigenvalue weighted by Crippen LogP contribution is -2.53. The number of ether oxygens (including phenoxy) is 1. The van der Waals surface area contributed by atoms with Crippen LogP contribution in [0.3, 0.4) is 0 Å². The number of nitrogens with one attached hydrogen (secondary N) is 1. The fraction of sp³-hybridized carbons (Fsp3) is 0.941. The first-order valence-corrected chi connectivity index (χ1v) is 8.55. The number of hydrogen-bond acceptors (Lipinski definition) is 4. The van der Waals surface area contributed by atoms with Gasteiger partial charge >= 0.3 is 5.97 Å². The molecule has 0 heterocycles. The van der Waals surface area contributed by atoms with E-state index >= 15 is 0 Å². The lowest BCUT2D eigenvalue weighted by molar-refractivity contribution is -0.148. The summed E-state index contributed by atoms with van der Waals surface area (Å²) in [6, 6.07) is 1.27. The monoisotopic (exact) mass is 296 g/mol. The molecule has 0 aromatic carbocycles. The molecule has 0 amide bonds. The summed E-state index contributed by atoms with van der Waals surface area (Å²) in [6.07, 6.45) is 7.09. The van der Waals surface area contributed by atoms with Crippen molar-refractivity contribution in [1.82, 2.24) is 10.2 Å². The van der Waals surface area contributed by atoms with Gasteiger partial charge in [-0.1, -0.05) is 13.8 Å². The summed E-state index contributed by atoms with van der Waals surface area (Å²) in [6.45, 7) is 8.70. The zero-order chi connectivity index (χ0) is 15.5. The Kier molecular flexibility index (Phi) is 5.67. The molecule has 2 saturated carbocycles. The van der Waals surface area contributed by atoms with Crippen molar-refractivity contribution >= 4 is 5.97 Å². The molecule has 2 aliphatic rings. The molecular formula is C17H32N2O2. The average Bonchev–Trinajstić information content (AvgIpc) is 3.30. The molecule has 2 fully saturated rings. The molecule has 4 heteroatoms. The number of esters is 1. The average molecular weight is 296 g/mol. The van der Waals surface area contributed by atoms with E-state index in [1.807, 2.05) is 6.92 Å². The molecule has 2 aliphatic carbocycles. The Morgan fingerprint density at radius 1 is 1.29 bits per heavy atom. The Hall–Kier alpha value is -0.610. The van der Waals surface area contributed by atoms with Gasteiger partial charge in [0, 0.05) is 18.6 Å². The molecule has 1 unspecified atom stereocenters. The molecular weight excluding hydrogens is 264 g/mol. The molecule has 0 aromatic heterocycles. The van der Waals surface area contributed by atoms with Crippen LogP contribution in [0.1, 0.15) is 59.3 Å². The van der Waals surface area contributed by atoms with Gasteiger partial charge in [0.15, 0.2) is 0 Å². The number of methoxy groups -OCH3 is 1. The van der Waals surface area contributed by atoms with Crippen LogP contribution >= 0.6 is 0 Å². The van der Waals surface area contributed by atoms with Crippen molar-refractivity contribution in [1.29, 1.82) is 0 Å². The summed E-state index contributed by atoms with van der Waals surface area (Å²) in [5.41, 5.74) is -0.527. The van der Waals surface area contributed by atoms with Crippen LogP contribution in [0.2, 0.25) is 0 Å². The third kappa shape index (κ3) is 5.26. The maximum Gasteiger partial charge on any atom is 0.325 e. The minimum Gasteiger partial charge on any atom is -0.468 e. The van der Waals surface area contributed by atoms with Crippen LogP contribution in [0.15, 0.2) is 0 Å². The van der Waals surface area contributed by atoms with Gasteiger partial charge in [0.05, 0.1) is 7.11 Å². The first-order valence-electron chi connectivity index (χ1n) is 8.55. The van der Waals surface area contributed by atoms with Crippen LogP contribution in [-0.4, -0.2) is 48.7 Å². The summed E-state index contributed by atoms with van der Waals surface area (Å²) in [7, 11) is 1.49. The van der Waals surface area contributed by atoms with Crippen molar-refractivity contribution in [2.24, 2.45) is 5.92 Å². The highest BCUT2D eigenvalue weighted by molar-refractivity contribution is 5.80. The maximum atomic E-state index is 12.2. The Bertz CT molecular complexity index is 351. The van der Waals surface area contributed by atoms with Crippen LogP contribution in [0.5, 0.6) is 0 Å². The van der Waals surface area contributed by atoms with E-state index in [0.29, 0.717) is 6.04 Å². The van der Waals surface area contributed by atoms with Crippen molar-refractivity contribution in [3.63, 3.8) is 0 Å². The zero-order valence-corrected chi connectivity index (χ0v) is 14.2. The van der Waals surface area contributed by atoms with Gasteiger partial charge in [-0.2, -0.15) is 0 Å². The first-order chi connectivity index (χ1) is 9.94. The SMILES string of the molecule is COC(=O)C(C)(CCN(CCC(C)C)C1CC1)NC1CC1. The van der Waals surface area contributed by atoms with E-state index in [2.05, 4.69) is 24.1 Å². The highest BCUT2D eigenvalue weighted by Gasteiger charge is 2.40. The lowest BCUT2D eigenvalue weighted by Gasteiger charge is -2.32. The van der Waals surface area contributed by atoms with Crippen molar-refractivity contribution in [3.8, 4) is 0 Å². The number of carbonyl (C=O) groups excluding carboxylic acids is 1. The molecule has 0 aliphatic heterocycles. The van der Waals surface area contributed by atoms with Gasteiger partial charge in [0.25, 0.3) is 0 Å². The van der Waals surface area contributed by atoms with E-state index in [9.17, 15) is 4.79 Å². The van der Waals surface area contributed by atoms with E-state index in [1.54, 1.807) is 0 Å². The fourth-order valence-electron chi connectivity index (χ4n) is 2.84. The van der Waals surface area contributed by atoms with Gasteiger partial charge in [-0.25, -0.2) is 0 Å². The molecule has 0 bridgehead atoms. The van der Waals surface area contributed by atoms with Gasteiger partial charge < -0.3 is 9.64 Å². The van der Waals surface area contributed by atoms with E-state index in [0.717, 1.165) is 31.5 Å². The molecule has 122 valence electrons. The van der Waals surface area contributed by atoms with Gasteiger partial charge in [-0.3, -0.25) is 10.1 Å². The second-order valence-corrected chi connectivity index (χ2v) is 7.44. The standard InChI is InChI=1S/C17H32N2O2/c1-13(2)9-11-19(15-7-8-15)12-10-17(3,16(20)21-4)18-14-5-6-14/h13-15,18H,5-12H2,1-4H3. The smallest absolute Gasteiger partial charge is 0.325 e. The lowest BCUT2D eigenvalue weighted by atomic mass is 9.97. The van der Waals surface area contributed by atoms with Gasteiger partial charge in [-0.15, -0.1) is 0 Å². The number of nitrogens with zero attached hydrogens (tertiary/aromatic N) is 1. The number of rotatable bonds is 10. The van der Waals surface area contributed by atoms with Gasteiger partial charge in [-0.05, 0) is 57.9 Å².